The standard InChI is InChI=1S/C29H27N5O4/c1-4-38-27(35)18-31-28(36)22-7-5-6-8-24(22)34(3)29(37)21-13-14-25-23(16-21)32-26(33(25)2)15-19-9-11-20(17-30)12-10-19/h5-14,16H,4,15,18H2,1-3H3,(H,31,36). The molecule has 0 aliphatic heterocycles. The van der Waals surface area contributed by atoms with E-state index >= 15 is 0 Å². The van der Waals surface area contributed by atoms with Gasteiger partial charge in [0.05, 0.1) is 40.5 Å². The number of hydrogen-bond acceptors (Lipinski definition) is 6. The first-order valence-corrected chi connectivity index (χ1v) is 12.1. The minimum absolute atomic E-state index is 0.222. The summed E-state index contributed by atoms with van der Waals surface area (Å²) in [6.45, 7) is 1.65. The van der Waals surface area contributed by atoms with Crippen molar-refractivity contribution in [2.75, 3.05) is 25.1 Å². The Balaban J connectivity index is 1.55. The van der Waals surface area contributed by atoms with Gasteiger partial charge in [-0.15, -0.1) is 0 Å². The van der Waals surface area contributed by atoms with Gasteiger partial charge >= 0.3 is 5.97 Å². The number of nitrogens with one attached hydrogen (secondary N) is 1. The van der Waals surface area contributed by atoms with E-state index in [4.69, 9.17) is 15.0 Å². The van der Waals surface area contributed by atoms with Gasteiger partial charge in [-0.3, -0.25) is 14.4 Å². The third kappa shape index (κ3) is 5.55. The van der Waals surface area contributed by atoms with E-state index in [1.54, 1.807) is 62.5 Å². The minimum Gasteiger partial charge on any atom is -0.465 e. The number of ether oxygens (including phenoxy) is 1. The van der Waals surface area contributed by atoms with Crippen molar-refractivity contribution in [2.24, 2.45) is 7.05 Å². The number of aryl methyl sites for hydroxylation is 1. The highest BCUT2D eigenvalue weighted by Crippen LogP contribution is 2.24. The predicted octanol–water partition coefficient (Wildman–Crippen LogP) is 3.61. The zero-order chi connectivity index (χ0) is 27.2. The van der Waals surface area contributed by atoms with E-state index in [1.165, 1.54) is 4.90 Å². The average molecular weight is 510 g/mol. The molecule has 0 aliphatic rings. The number of hydrogen-bond donors (Lipinski definition) is 1. The van der Waals surface area contributed by atoms with Gasteiger partial charge in [-0.25, -0.2) is 4.98 Å². The lowest BCUT2D eigenvalue weighted by molar-refractivity contribution is -0.141. The molecule has 4 aromatic rings. The molecular formula is C29H27N5O4. The molecule has 38 heavy (non-hydrogen) atoms. The quantitative estimate of drug-likeness (QED) is 0.363. The van der Waals surface area contributed by atoms with Gasteiger partial charge in [-0.1, -0.05) is 24.3 Å². The molecule has 9 nitrogen and oxygen atoms in total. The highest BCUT2D eigenvalue weighted by atomic mass is 16.5. The number of carbonyl (C=O) groups is 3. The van der Waals surface area contributed by atoms with Gasteiger partial charge < -0.3 is 19.5 Å². The normalized spacial score (nSPS) is 10.6. The molecule has 0 unspecified atom stereocenters. The Morgan fingerprint density at radius 2 is 1.82 bits per heavy atom. The summed E-state index contributed by atoms with van der Waals surface area (Å²) in [5.74, 6) is -0.506. The lowest BCUT2D eigenvalue weighted by Crippen LogP contribution is -2.33. The van der Waals surface area contributed by atoms with Gasteiger partial charge in [0.2, 0.25) is 0 Å². The van der Waals surface area contributed by atoms with Crippen molar-refractivity contribution in [1.82, 2.24) is 14.9 Å². The second kappa shape index (κ2) is 11.4. The number of nitriles is 1. The molecule has 1 heterocycles. The summed E-state index contributed by atoms with van der Waals surface area (Å²) >= 11 is 0. The first-order valence-electron chi connectivity index (χ1n) is 12.1. The van der Waals surface area contributed by atoms with Crippen LogP contribution in [0.5, 0.6) is 0 Å². The molecule has 0 atom stereocenters. The fraction of sp³-hybridized carbons (Fsp3) is 0.207. The Labute approximate surface area is 220 Å². The summed E-state index contributed by atoms with van der Waals surface area (Å²) in [5.41, 5.74) is 4.27. The van der Waals surface area contributed by atoms with Crippen LogP contribution >= 0.6 is 0 Å². The average Bonchev–Trinajstić information content (AvgIpc) is 3.25. The summed E-state index contributed by atoms with van der Waals surface area (Å²) in [6, 6.07) is 21.5. The molecule has 0 radical (unpaired) electrons. The number of nitrogens with zero attached hydrogens (tertiary/aromatic N) is 4. The van der Waals surface area contributed by atoms with Crippen LogP contribution in [0.4, 0.5) is 5.69 Å². The van der Waals surface area contributed by atoms with E-state index in [2.05, 4.69) is 11.4 Å². The van der Waals surface area contributed by atoms with Crippen molar-refractivity contribution in [3.05, 3.63) is 94.8 Å². The van der Waals surface area contributed by atoms with Crippen LogP contribution in [0.1, 0.15) is 44.6 Å². The van der Waals surface area contributed by atoms with Crippen molar-refractivity contribution in [3.8, 4) is 6.07 Å². The fourth-order valence-electron chi connectivity index (χ4n) is 4.14. The first-order chi connectivity index (χ1) is 18.3. The molecule has 1 N–H and O–H groups in total. The van der Waals surface area contributed by atoms with E-state index in [0.717, 1.165) is 16.9 Å². The predicted molar refractivity (Wildman–Crippen MR) is 143 cm³/mol. The largest absolute Gasteiger partial charge is 0.465 e. The maximum absolute atomic E-state index is 13.4. The second-order valence-electron chi connectivity index (χ2n) is 8.65. The van der Waals surface area contributed by atoms with Crippen LogP contribution in [0.25, 0.3) is 11.0 Å². The number of fused-ring (bicyclic) bond motifs is 1. The third-order valence-electron chi connectivity index (χ3n) is 6.18. The van der Waals surface area contributed by atoms with Crippen LogP contribution in [0.2, 0.25) is 0 Å². The van der Waals surface area contributed by atoms with Gasteiger partial charge in [-0.2, -0.15) is 5.26 Å². The van der Waals surface area contributed by atoms with E-state index in [9.17, 15) is 14.4 Å². The number of para-hydroxylation sites is 1. The molecule has 9 heteroatoms. The molecule has 0 fully saturated rings. The fourth-order valence-corrected chi connectivity index (χ4v) is 4.14. The van der Waals surface area contributed by atoms with Gasteiger partial charge in [0.15, 0.2) is 0 Å². The van der Waals surface area contributed by atoms with Crippen molar-refractivity contribution in [1.29, 1.82) is 5.26 Å². The monoisotopic (exact) mass is 509 g/mol. The smallest absolute Gasteiger partial charge is 0.325 e. The number of amides is 2. The zero-order valence-electron chi connectivity index (χ0n) is 21.4. The summed E-state index contributed by atoms with van der Waals surface area (Å²) in [6.07, 6.45) is 0.578. The maximum Gasteiger partial charge on any atom is 0.325 e. The maximum atomic E-state index is 13.4. The number of aromatic nitrogens is 2. The lowest BCUT2D eigenvalue weighted by Gasteiger charge is -2.20. The van der Waals surface area contributed by atoms with E-state index in [-0.39, 0.29) is 24.6 Å². The highest BCUT2D eigenvalue weighted by molar-refractivity contribution is 6.11. The van der Waals surface area contributed by atoms with Gasteiger partial charge in [0.25, 0.3) is 11.8 Å². The van der Waals surface area contributed by atoms with Crippen molar-refractivity contribution < 1.29 is 19.1 Å². The SMILES string of the molecule is CCOC(=O)CNC(=O)c1ccccc1N(C)C(=O)c1ccc2c(c1)nc(Cc1ccc(C#N)cc1)n2C. The molecule has 0 saturated heterocycles. The van der Waals surface area contributed by atoms with Gasteiger partial charge in [0.1, 0.15) is 12.4 Å². The summed E-state index contributed by atoms with van der Waals surface area (Å²) < 4.78 is 6.83. The first kappa shape index (κ1) is 26.1. The van der Waals surface area contributed by atoms with E-state index < -0.39 is 11.9 Å². The third-order valence-corrected chi connectivity index (χ3v) is 6.18. The molecule has 192 valence electrons. The topological polar surface area (TPSA) is 117 Å². The van der Waals surface area contributed by atoms with Crippen LogP contribution in [-0.2, 0) is 23.0 Å². The second-order valence-corrected chi connectivity index (χ2v) is 8.65. The molecule has 0 spiro atoms. The van der Waals surface area contributed by atoms with Crippen LogP contribution < -0.4 is 10.2 Å². The number of imidazole rings is 1. The molecule has 4 rings (SSSR count). The Morgan fingerprint density at radius 3 is 2.53 bits per heavy atom. The Bertz CT molecular complexity index is 1550. The molecule has 0 aliphatic carbocycles. The van der Waals surface area contributed by atoms with Crippen molar-refractivity contribution >= 4 is 34.5 Å². The van der Waals surface area contributed by atoms with Gasteiger partial charge in [0, 0.05) is 26.1 Å². The summed E-state index contributed by atoms with van der Waals surface area (Å²) in [7, 11) is 3.52. The van der Waals surface area contributed by atoms with Crippen molar-refractivity contribution in [3.63, 3.8) is 0 Å². The number of benzene rings is 3. The summed E-state index contributed by atoms with van der Waals surface area (Å²) in [4.78, 5) is 44.0. The summed E-state index contributed by atoms with van der Waals surface area (Å²) in [5, 5.41) is 11.5. The molecular weight excluding hydrogens is 482 g/mol. The minimum atomic E-state index is -0.537. The number of esters is 1. The van der Waals surface area contributed by atoms with Crippen LogP contribution in [-0.4, -0.2) is 47.5 Å². The Morgan fingerprint density at radius 1 is 1.08 bits per heavy atom. The van der Waals surface area contributed by atoms with Crippen molar-refractivity contribution in [2.45, 2.75) is 13.3 Å². The molecule has 2 amide bonds. The van der Waals surface area contributed by atoms with Gasteiger partial charge in [-0.05, 0) is 55.0 Å². The molecule has 0 bridgehead atoms. The number of rotatable bonds is 8. The van der Waals surface area contributed by atoms with Crippen LogP contribution in [0.3, 0.4) is 0 Å². The van der Waals surface area contributed by atoms with Crippen LogP contribution in [0.15, 0.2) is 66.7 Å². The number of anilines is 1. The lowest BCUT2D eigenvalue weighted by atomic mass is 10.1. The van der Waals surface area contributed by atoms with Crippen LogP contribution in [0, 0.1) is 11.3 Å². The molecule has 3 aromatic carbocycles. The van der Waals surface area contributed by atoms with E-state index in [1.807, 2.05) is 29.8 Å². The Kier molecular flexibility index (Phi) is 7.83. The van der Waals surface area contributed by atoms with E-state index in [0.29, 0.717) is 28.8 Å². The Hall–Kier alpha value is -4.97. The molecule has 1 aromatic heterocycles. The number of carbonyl (C=O) groups excluding carboxylic acids is 3. The molecule has 0 saturated carbocycles. The highest BCUT2D eigenvalue weighted by Gasteiger charge is 2.21. The zero-order valence-corrected chi connectivity index (χ0v) is 21.4.